The van der Waals surface area contributed by atoms with Crippen molar-refractivity contribution in [3.05, 3.63) is 35.7 Å². The number of ether oxygens (including phenoxy) is 1. The molecule has 0 fully saturated rings. The van der Waals surface area contributed by atoms with Gasteiger partial charge in [0.1, 0.15) is 5.75 Å². The van der Waals surface area contributed by atoms with Crippen LogP contribution in [-0.4, -0.2) is 27.2 Å². The zero-order valence-corrected chi connectivity index (χ0v) is 14.1. The Morgan fingerprint density at radius 3 is 2.43 bits per heavy atom. The quantitative estimate of drug-likeness (QED) is 0.593. The van der Waals surface area contributed by atoms with E-state index in [0.29, 0.717) is 12.2 Å². The van der Waals surface area contributed by atoms with Gasteiger partial charge in [-0.15, -0.1) is 10.2 Å². The van der Waals surface area contributed by atoms with E-state index >= 15 is 0 Å². The first kappa shape index (κ1) is 17.4. The Kier molecular flexibility index (Phi) is 8.16. The third kappa shape index (κ3) is 6.80. The molecule has 0 aliphatic carbocycles. The van der Waals surface area contributed by atoms with Crippen molar-refractivity contribution in [1.29, 1.82) is 0 Å². The molecule has 0 unspecified atom stereocenters. The highest BCUT2D eigenvalue weighted by atomic mass is 16.5. The summed E-state index contributed by atoms with van der Waals surface area (Å²) in [7, 11) is 0. The number of benzene rings is 1. The number of nitrogens with one attached hydrogen (secondary N) is 1. The predicted molar refractivity (Wildman–Crippen MR) is 91.5 cm³/mol. The summed E-state index contributed by atoms with van der Waals surface area (Å²) >= 11 is 0. The van der Waals surface area contributed by atoms with Crippen LogP contribution in [0, 0.1) is 0 Å². The zero-order valence-electron chi connectivity index (χ0n) is 14.1. The van der Waals surface area contributed by atoms with Crippen LogP contribution in [0.4, 0.5) is 0 Å². The van der Waals surface area contributed by atoms with Crippen LogP contribution in [0.5, 0.6) is 5.75 Å². The number of hydrogen-bond acceptors (Lipinski definition) is 4. The van der Waals surface area contributed by atoms with Crippen molar-refractivity contribution >= 4 is 0 Å². The molecular weight excluding hydrogens is 288 g/mol. The fourth-order valence-corrected chi connectivity index (χ4v) is 2.64. The molecule has 0 saturated carbocycles. The minimum absolute atomic E-state index is 0.643. The van der Waals surface area contributed by atoms with Gasteiger partial charge in [-0.25, -0.2) is 0 Å². The largest absolute Gasteiger partial charge is 0.493 e. The molecule has 5 heteroatoms. The van der Waals surface area contributed by atoms with Crippen LogP contribution in [0.15, 0.2) is 24.3 Å². The number of aromatic amines is 1. The molecular formula is C18H28N4O. The SMILES string of the molecule is CCCCCCCCCCOc1ccccc1Cc1nn[nH]n1. The summed E-state index contributed by atoms with van der Waals surface area (Å²) < 4.78 is 5.94. The van der Waals surface area contributed by atoms with E-state index in [1.54, 1.807) is 0 Å². The molecule has 2 aromatic rings. The lowest BCUT2D eigenvalue weighted by Crippen LogP contribution is -2.01. The van der Waals surface area contributed by atoms with Gasteiger partial charge in [-0.05, 0) is 12.5 Å². The maximum absolute atomic E-state index is 5.94. The van der Waals surface area contributed by atoms with Crippen molar-refractivity contribution in [2.24, 2.45) is 0 Å². The second-order valence-corrected chi connectivity index (χ2v) is 5.94. The molecule has 0 bridgehead atoms. The number of tetrazole rings is 1. The molecule has 0 saturated heterocycles. The lowest BCUT2D eigenvalue weighted by atomic mass is 10.1. The highest BCUT2D eigenvalue weighted by Crippen LogP contribution is 2.20. The first-order valence-electron chi connectivity index (χ1n) is 8.83. The zero-order chi connectivity index (χ0) is 16.2. The second-order valence-electron chi connectivity index (χ2n) is 5.94. The molecule has 0 aliphatic rings. The molecule has 2 rings (SSSR count). The highest BCUT2D eigenvalue weighted by Gasteiger charge is 2.07. The van der Waals surface area contributed by atoms with Crippen molar-refractivity contribution < 1.29 is 4.74 Å². The van der Waals surface area contributed by atoms with Crippen molar-refractivity contribution in [2.45, 2.75) is 64.7 Å². The van der Waals surface area contributed by atoms with Gasteiger partial charge in [0.05, 0.1) is 6.61 Å². The molecule has 0 radical (unpaired) electrons. The third-order valence-electron chi connectivity index (χ3n) is 3.97. The summed E-state index contributed by atoms with van der Waals surface area (Å²) in [5.41, 5.74) is 1.11. The normalized spacial score (nSPS) is 10.8. The van der Waals surface area contributed by atoms with E-state index in [-0.39, 0.29) is 0 Å². The molecule has 1 aromatic carbocycles. The molecule has 126 valence electrons. The van der Waals surface area contributed by atoms with Crippen molar-refractivity contribution in [1.82, 2.24) is 20.6 Å². The third-order valence-corrected chi connectivity index (χ3v) is 3.97. The van der Waals surface area contributed by atoms with E-state index in [0.717, 1.165) is 24.3 Å². The standard InChI is InChI=1S/C18H28N4O/c1-2-3-4-5-6-7-8-11-14-23-17-13-10-9-12-16(17)15-18-19-21-22-20-18/h9-10,12-13H,2-8,11,14-15H2,1H3,(H,19,20,21,22). The Balaban J connectivity index is 1.64. The Bertz CT molecular complexity index is 528. The maximum atomic E-state index is 5.94. The summed E-state index contributed by atoms with van der Waals surface area (Å²) in [6.45, 7) is 3.03. The topological polar surface area (TPSA) is 63.7 Å². The molecule has 1 aromatic heterocycles. The number of hydrogen-bond donors (Lipinski definition) is 1. The second kappa shape index (κ2) is 10.8. The monoisotopic (exact) mass is 316 g/mol. The number of para-hydroxylation sites is 1. The Morgan fingerprint density at radius 1 is 0.957 bits per heavy atom. The van der Waals surface area contributed by atoms with Gasteiger partial charge in [0, 0.05) is 12.0 Å². The van der Waals surface area contributed by atoms with Gasteiger partial charge >= 0.3 is 0 Å². The first-order chi connectivity index (χ1) is 11.4. The van der Waals surface area contributed by atoms with Gasteiger partial charge in [0.25, 0.3) is 0 Å². The molecule has 1 heterocycles. The fraction of sp³-hybridized carbons (Fsp3) is 0.611. The van der Waals surface area contributed by atoms with E-state index in [1.165, 1.54) is 44.9 Å². The lowest BCUT2D eigenvalue weighted by molar-refractivity contribution is 0.301. The van der Waals surface area contributed by atoms with E-state index in [2.05, 4.69) is 33.6 Å². The van der Waals surface area contributed by atoms with E-state index in [9.17, 15) is 0 Å². The molecule has 1 N–H and O–H groups in total. The molecule has 23 heavy (non-hydrogen) atoms. The van der Waals surface area contributed by atoms with Crippen molar-refractivity contribution in [3.8, 4) is 5.75 Å². The molecule has 0 atom stereocenters. The lowest BCUT2D eigenvalue weighted by Gasteiger charge is -2.10. The number of aromatic nitrogens is 4. The smallest absolute Gasteiger partial charge is 0.179 e. The summed E-state index contributed by atoms with van der Waals surface area (Å²) in [5.74, 6) is 1.62. The Morgan fingerprint density at radius 2 is 1.70 bits per heavy atom. The number of rotatable bonds is 12. The first-order valence-corrected chi connectivity index (χ1v) is 8.83. The Hall–Kier alpha value is -1.91. The van der Waals surface area contributed by atoms with E-state index in [1.807, 2.05) is 18.2 Å². The van der Waals surface area contributed by atoms with Crippen LogP contribution >= 0.6 is 0 Å². The van der Waals surface area contributed by atoms with Gasteiger partial charge in [-0.3, -0.25) is 0 Å². The maximum Gasteiger partial charge on any atom is 0.179 e. The highest BCUT2D eigenvalue weighted by molar-refractivity contribution is 5.35. The molecule has 0 aliphatic heterocycles. The number of nitrogens with zero attached hydrogens (tertiary/aromatic N) is 3. The predicted octanol–water partition coefficient (Wildman–Crippen LogP) is 4.31. The van der Waals surface area contributed by atoms with E-state index in [4.69, 9.17) is 4.74 Å². The minimum Gasteiger partial charge on any atom is -0.493 e. The average molecular weight is 316 g/mol. The molecule has 5 nitrogen and oxygen atoms in total. The van der Waals surface area contributed by atoms with Crippen molar-refractivity contribution in [3.63, 3.8) is 0 Å². The molecule has 0 spiro atoms. The summed E-state index contributed by atoms with van der Waals surface area (Å²) in [6, 6.07) is 8.08. The number of H-pyrrole nitrogens is 1. The Labute approximate surface area is 138 Å². The van der Waals surface area contributed by atoms with Gasteiger partial charge in [-0.1, -0.05) is 75.3 Å². The van der Waals surface area contributed by atoms with Gasteiger partial charge in [-0.2, -0.15) is 5.21 Å². The van der Waals surface area contributed by atoms with Crippen LogP contribution in [0.1, 0.15) is 69.7 Å². The van der Waals surface area contributed by atoms with Crippen LogP contribution in [0.2, 0.25) is 0 Å². The number of unbranched alkanes of at least 4 members (excludes halogenated alkanes) is 7. The van der Waals surface area contributed by atoms with Crippen LogP contribution < -0.4 is 4.74 Å². The summed E-state index contributed by atoms with van der Waals surface area (Å²) in [4.78, 5) is 0. The van der Waals surface area contributed by atoms with Crippen LogP contribution in [0.3, 0.4) is 0 Å². The van der Waals surface area contributed by atoms with Crippen LogP contribution in [-0.2, 0) is 6.42 Å². The minimum atomic E-state index is 0.643. The van der Waals surface area contributed by atoms with E-state index < -0.39 is 0 Å². The summed E-state index contributed by atoms with van der Waals surface area (Å²) in [6.07, 6.45) is 11.1. The van der Waals surface area contributed by atoms with Crippen LogP contribution in [0.25, 0.3) is 0 Å². The summed E-state index contributed by atoms with van der Waals surface area (Å²) in [5, 5.41) is 14.1. The average Bonchev–Trinajstić information content (AvgIpc) is 3.08. The van der Waals surface area contributed by atoms with Crippen molar-refractivity contribution in [2.75, 3.05) is 6.61 Å². The van der Waals surface area contributed by atoms with Gasteiger partial charge in [0.2, 0.25) is 0 Å². The van der Waals surface area contributed by atoms with Gasteiger partial charge in [0.15, 0.2) is 5.82 Å². The molecule has 0 amide bonds. The fourth-order valence-electron chi connectivity index (χ4n) is 2.64. The van der Waals surface area contributed by atoms with Gasteiger partial charge < -0.3 is 4.74 Å².